The van der Waals surface area contributed by atoms with Crippen molar-refractivity contribution in [2.75, 3.05) is 25.1 Å². The smallest absolute Gasteiger partial charge is 0.234 e. The first-order chi connectivity index (χ1) is 8.27. The van der Waals surface area contributed by atoms with Gasteiger partial charge < -0.3 is 10.5 Å². The average Bonchev–Trinajstić information content (AvgIpc) is 2.40. The first-order valence-electron chi connectivity index (χ1n) is 5.63. The molecule has 1 aliphatic heterocycles. The largest absolute Gasteiger partial charge is 0.381 e. The summed E-state index contributed by atoms with van der Waals surface area (Å²) in [7, 11) is 0. The van der Waals surface area contributed by atoms with Crippen LogP contribution in [0.4, 0.5) is 5.95 Å². The van der Waals surface area contributed by atoms with Crippen LogP contribution in [0.5, 0.6) is 0 Å². The van der Waals surface area contributed by atoms with Crippen LogP contribution < -0.4 is 11.1 Å². The van der Waals surface area contributed by atoms with Gasteiger partial charge in [0.15, 0.2) is 0 Å². The summed E-state index contributed by atoms with van der Waals surface area (Å²) in [5, 5.41) is 2.71. The van der Waals surface area contributed by atoms with Crippen molar-refractivity contribution in [2.45, 2.75) is 12.8 Å². The van der Waals surface area contributed by atoms with Gasteiger partial charge in [0, 0.05) is 32.2 Å². The zero-order valence-electron chi connectivity index (χ0n) is 9.56. The Morgan fingerprint density at radius 1 is 1.41 bits per heavy atom. The Bertz CT molecular complexity index is 376. The lowest BCUT2D eigenvalue weighted by Gasteiger charge is -2.34. The maximum absolute atomic E-state index is 12.2. The number of nitrogens with two attached hydrogens (primary N) is 1. The topological polar surface area (TPSA) is 90.1 Å². The number of nitrogens with one attached hydrogen (secondary N) is 1. The minimum atomic E-state index is -0.544. The first kappa shape index (κ1) is 11.9. The number of anilines is 1. The summed E-state index contributed by atoms with van der Waals surface area (Å²) < 4.78 is 5.26. The van der Waals surface area contributed by atoms with Crippen molar-refractivity contribution in [3.05, 3.63) is 18.5 Å². The van der Waals surface area contributed by atoms with Crippen LogP contribution in [-0.2, 0) is 9.53 Å². The van der Waals surface area contributed by atoms with Crippen molar-refractivity contribution in [1.29, 1.82) is 0 Å². The number of aromatic nitrogens is 2. The molecule has 6 heteroatoms. The van der Waals surface area contributed by atoms with Crippen LogP contribution in [0.3, 0.4) is 0 Å². The van der Waals surface area contributed by atoms with E-state index >= 15 is 0 Å². The van der Waals surface area contributed by atoms with Gasteiger partial charge >= 0.3 is 0 Å². The summed E-state index contributed by atoms with van der Waals surface area (Å²) >= 11 is 0. The average molecular weight is 236 g/mol. The molecule has 0 spiro atoms. The van der Waals surface area contributed by atoms with E-state index in [4.69, 9.17) is 10.5 Å². The number of amides is 1. The Balaban J connectivity index is 2.07. The fourth-order valence-electron chi connectivity index (χ4n) is 1.88. The Kier molecular flexibility index (Phi) is 3.65. The highest BCUT2D eigenvalue weighted by molar-refractivity contribution is 5.94. The van der Waals surface area contributed by atoms with Crippen LogP contribution >= 0.6 is 0 Å². The molecule has 1 aromatic rings. The molecule has 2 rings (SSSR count). The third-order valence-corrected chi connectivity index (χ3v) is 3.11. The molecule has 2 heterocycles. The van der Waals surface area contributed by atoms with E-state index in [0.29, 0.717) is 38.5 Å². The van der Waals surface area contributed by atoms with E-state index in [2.05, 4.69) is 15.3 Å². The van der Waals surface area contributed by atoms with Crippen molar-refractivity contribution >= 4 is 11.9 Å². The van der Waals surface area contributed by atoms with Gasteiger partial charge in [0.25, 0.3) is 0 Å². The third kappa shape index (κ3) is 2.59. The molecular formula is C11H16N4O2. The van der Waals surface area contributed by atoms with Gasteiger partial charge in [0.05, 0.1) is 5.41 Å². The van der Waals surface area contributed by atoms with E-state index in [1.165, 1.54) is 0 Å². The zero-order chi connectivity index (χ0) is 12.1. The third-order valence-electron chi connectivity index (χ3n) is 3.11. The molecule has 1 aromatic heterocycles. The monoisotopic (exact) mass is 236 g/mol. The molecule has 1 aliphatic rings. The molecule has 1 fully saturated rings. The zero-order valence-corrected chi connectivity index (χ0v) is 9.56. The highest BCUT2D eigenvalue weighted by atomic mass is 16.5. The molecular weight excluding hydrogens is 220 g/mol. The molecule has 0 atom stereocenters. The number of carbonyl (C=O) groups excluding carboxylic acids is 1. The molecule has 0 unspecified atom stereocenters. The van der Waals surface area contributed by atoms with Crippen molar-refractivity contribution in [3.63, 3.8) is 0 Å². The molecule has 3 N–H and O–H groups in total. The van der Waals surface area contributed by atoms with Crippen LogP contribution in [0.25, 0.3) is 0 Å². The van der Waals surface area contributed by atoms with Crippen LogP contribution in [-0.4, -0.2) is 35.6 Å². The van der Waals surface area contributed by atoms with Gasteiger partial charge in [-0.15, -0.1) is 0 Å². The van der Waals surface area contributed by atoms with Crippen LogP contribution in [0.2, 0.25) is 0 Å². The van der Waals surface area contributed by atoms with Crippen molar-refractivity contribution in [1.82, 2.24) is 9.97 Å². The second-order valence-electron chi connectivity index (χ2n) is 4.12. The van der Waals surface area contributed by atoms with Gasteiger partial charge in [-0.2, -0.15) is 0 Å². The van der Waals surface area contributed by atoms with Crippen LogP contribution in [0.15, 0.2) is 18.5 Å². The van der Waals surface area contributed by atoms with E-state index in [1.807, 2.05) is 0 Å². The van der Waals surface area contributed by atoms with E-state index in [9.17, 15) is 4.79 Å². The van der Waals surface area contributed by atoms with Gasteiger partial charge in [-0.1, -0.05) is 0 Å². The molecule has 0 radical (unpaired) electrons. The Morgan fingerprint density at radius 3 is 2.65 bits per heavy atom. The quantitative estimate of drug-likeness (QED) is 0.780. The molecule has 1 amide bonds. The molecule has 0 aliphatic carbocycles. The molecule has 92 valence electrons. The number of hydrogen-bond donors (Lipinski definition) is 2. The normalized spacial score (nSPS) is 18.6. The molecule has 6 nitrogen and oxygen atoms in total. The molecule has 1 saturated heterocycles. The van der Waals surface area contributed by atoms with Crippen LogP contribution in [0.1, 0.15) is 12.8 Å². The predicted molar refractivity (Wildman–Crippen MR) is 62.2 cm³/mol. The summed E-state index contributed by atoms with van der Waals surface area (Å²) in [6.07, 6.45) is 4.45. The lowest BCUT2D eigenvalue weighted by Crippen LogP contribution is -2.46. The second kappa shape index (κ2) is 5.20. The second-order valence-corrected chi connectivity index (χ2v) is 4.12. The number of nitrogens with zero attached hydrogens (tertiary/aromatic N) is 2. The minimum absolute atomic E-state index is 0.116. The van der Waals surface area contributed by atoms with E-state index in [1.54, 1.807) is 18.5 Å². The lowest BCUT2D eigenvalue weighted by atomic mass is 9.79. The number of hydrogen-bond acceptors (Lipinski definition) is 5. The summed E-state index contributed by atoms with van der Waals surface area (Å²) in [6.45, 7) is 1.45. The first-order valence-corrected chi connectivity index (χ1v) is 5.63. The highest BCUT2D eigenvalue weighted by Gasteiger charge is 2.39. The fraction of sp³-hybridized carbons (Fsp3) is 0.545. The SMILES string of the molecule is NCC1(C(=O)Nc2ncccn2)CCOCC1. The Labute approximate surface area is 99.6 Å². The highest BCUT2D eigenvalue weighted by Crippen LogP contribution is 2.30. The van der Waals surface area contributed by atoms with E-state index < -0.39 is 5.41 Å². The van der Waals surface area contributed by atoms with Gasteiger partial charge in [-0.3, -0.25) is 10.1 Å². The summed E-state index contributed by atoms with van der Waals surface area (Å²) in [6, 6.07) is 1.70. The molecule has 0 bridgehead atoms. The van der Waals surface area contributed by atoms with Gasteiger partial charge in [0.2, 0.25) is 11.9 Å². The van der Waals surface area contributed by atoms with Gasteiger partial charge in [0.1, 0.15) is 0 Å². The van der Waals surface area contributed by atoms with E-state index in [0.717, 1.165) is 0 Å². The fourth-order valence-corrected chi connectivity index (χ4v) is 1.88. The number of rotatable bonds is 3. The Morgan fingerprint density at radius 2 is 2.06 bits per heavy atom. The Hall–Kier alpha value is -1.53. The van der Waals surface area contributed by atoms with Crippen LogP contribution in [0, 0.1) is 5.41 Å². The molecule has 17 heavy (non-hydrogen) atoms. The maximum Gasteiger partial charge on any atom is 0.234 e. The lowest BCUT2D eigenvalue weighted by molar-refractivity contribution is -0.130. The minimum Gasteiger partial charge on any atom is -0.381 e. The van der Waals surface area contributed by atoms with Crippen molar-refractivity contribution in [3.8, 4) is 0 Å². The maximum atomic E-state index is 12.2. The van der Waals surface area contributed by atoms with Crippen molar-refractivity contribution < 1.29 is 9.53 Å². The summed E-state index contributed by atoms with van der Waals surface area (Å²) in [4.78, 5) is 20.1. The molecule has 0 saturated carbocycles. The standard InChI is InChI=1S/C11H16N4O2/c12-8-11(2-6-17-7-3-11)9(16)15-10-13-4-1-5-14-10/h1,4-5H,2-3,6-8,12H2,(H,13,14,15,16). The molecule has 0 aromatic carbocycles. The number of carbonyl (C=O) groups is 1. The van der Waals surface area contributed by atoms with E-state index in [-0.39, 0.29) is 5.91 Å². The number of ether oxygens (including phenoxy) is 1. The predicted octanol–water partition coefficient (Wildman–Crippen LogP) is 0.171. The summed E-state index contributed by atoms with van der Waals surface area (Å²) in [5.41, 5.74) is 5.19. The summed E-state index contributed by atoms with van der Waals surface area (Å²) in [5.74, 6) is 0.200. The van der Waals surface area contributed by atoms with Gasteiger partial charge in [-0.25, -0.2) is 9.97 Å². The van der Waals surface area contributed by atoms with Crippen molar-refractivity contribution in [2.24, 2.45) is 11.1 Å². The van der Waals surface area contributed by atoms with Gasteiger partial charge in [-0.05, 0) is 18.9 Å².